The number of urea groups is 1. The molecule has 182 valence electrons. The average molecular weight is 479 g/mol. The fourth-order valence-corrected chi connectivity index (χ4v) is 6.52. The van der Waals surface area contributed by atoms with Gasteiger partial charge < -0.3 is 20.3 Å². The smallest absolute Gasteiger partial charge is 0.319 e. The Morgan fingerprint density at radius 1 is 1.11 bits per heavy atom. The third-order valence-electron chi connectivity index (χ3n) is 8.61. The minimum absolute atomic E-state index is 0.0487. The zero-order valence-electron chi connectivity index (χ0n) is 19.3. The molecule has 3 fully saturated rings. The van der Waals surface area contributed by atoms with Gasteiger partial charge in [-0.25, -0.2) is 18.6 Å². The van der Waals surface area contributed by atoms with Gasteiger partial charge in [-0.05, 0) is 68.1 Å². The number of rotatable bonds is 5. The first kappa shape index (κ1) is 22.2. The highest BCUT2D eigenvalue weighted by Gasteiger charge is 2.53. The SMILES string of the molecule is O=C(Nc1ccc(F)cc1F)NC12CCC(C(O)CC3c4ccccc4-c4cncn43)(CC1)CC2. The summed E-state index contributed by atoms with van der Waals surface area (Å²) in [5.41, 5.74) is 2.93. The van der Waals surface area contributed by atoms with E-state index >= 15 is 0 Å². The second-order valence-electron chi connectivity index (χ2n) is 10.4. The van der Waals surface area contributed by atoms with Crippen LogP contribution in [-0.4, -0.2) is 32.3 Å². The predicted octanol–water partition coefficient (Wildman–Crippen LogP) is 5.40. The van der Waals surface area contributed by atoms with Gasteiger partial charge in [0, 0.05) is 17.2 Å². The van der Waals surface area contributed by atoms with E-state index in [1.165, 1.54) is 17.2 Å². The summed E-state index contributed by atoms with van der Waals surface area (Å²) in [6.07, 6.45) is 8.67. The molecule has 3 saturated carbocycles. The van der Waals surface area contributed by atoms with Gasteiger partial charge in [-0.1, -0.05) is 24.3 Å². The van der Waals surface area contributed by atoms with Crippen molar-refractivity contribution in [3.8, 4) is 11.3 Å². The van der Waals surface area contributed by atoms with Crippen LogP contribution in [0.5, 0.6) is 0 Å². The van der Waals surface area contributed by atoms with Crippen molar-refractivity contribution in [2.45, 2.75) is 62.6 Å². The number of imidazole rings is 1. The number of anilines is 1. The summed E-state index contributed by atoms with van der Waals surface area (Å²) in [5.74, 6) is -1.49. The molecule has 3 N–H and O–H groups in total. The van der Waals surface area contributed by atoms with Crippen LogP contribution in [-0.2, 0) is 0 Å². The maximum absolute atomic E-state index is 13.9. The molecule has 8 heteroatoms. The molecule has 0 saturated heterocycles. The van der Waals surface area contributed by atoms with Crippen molar-refractivity contribution in [1.29, 1.82) is 0 Å². The predicted molar refractivity (Wildman–Crippen MR) is 128 cm³/mol. The van der Waals surface area contributed by atoms with Crippen molar-refractivity contribution < 1.29 is 18.7 Å². The zero-order valence-corrected chi connectivity index (χ0v) is 19.3. The maximum Gasteiger partial charge on any atom is 0.319 e. The molecular weight excluding hydrogens is 450 g/mol. The number of amides is 2. The van der Waals surface area contributed by atoms with Gasteiger partial charge in [0.1, 0.15) is 11.6 Å². The van der Waals surface area contributed by atoms with Crippen LogP contribution >= 0.6 is 0 Å². The molecule has 3 aliphatic carbocycles. The van der Waals surface area contributed by atoms with E-state index < -0.39 is 23.8 Å². The Hall–Kier alpha value is -3.26. The molecule has 7 rings (SSSR count). The lowest BCUT2D eigenvalue weighted by Crippen LogP contribution is -2.59. The summed E-state index contributed by atoms with van der Waals surface area (Å²) >= 11 is 0. The van der Waals surface area contributed by atoms with Gasteiger partial charge in [-0.2, -0.15) is 0 Å². The second kappa shape index (κ2) is 8.16. The van der Waals surface area contributed by atoms with Gasteiger partial charge in [0.2, 0.25) is 0 Å². The van der Waals surface area contributed by atoms with Crippen LogP contribution in [0.4, 0.5) is 19.3 Å². The molecule has 2 bridgehead atoms. The summed E-state index contributed by atoms with van der Waals surface area (Å²) in [6.45, 7) is 0. The Labute approximate surface area is 202 Å². The van der Waals surface area contributed by atoms with Crippen LogP contribution < -0.4 is 10.6 Å². The van der Waals surface area contributed by atoms with Crippen molar-refractivity contribution in [2.75, 3.05) is 5.32 Å². The Morgan fingerprint density at radius 2 is 1.86 bits per heavy atom. The molecule has 0 spiro atoms. The van der Waals surface area contributed by atoms with Crippen LogP contribution in [0, 0.1) is 17.0 Å². The molecular formula is C27H28F2N4O2. The molecule has 2 heterocycles. The lowest BCUT2D eigenvalue weighted by molar-refractivity contribution is -0.0732. The number of nitrogens with one attached hydrogen (secondary N) is 2. The number of benzene rings is 2. The van der Waals surface area contributed by atoms with Gasteiger partial charge in [0.25, 0.3) is 0 Å². The molecule has 2 atom stereocenters. The zero-order chi connectivity index (χ0) is 24.2. The number of aromatic nitrogens is 2. The monoisotopic (exact) mass is 478 g/mol. The first-order valence-electron chi connectivity index (χ1n) is 12.2. The molecule has 1 aromatic heterocycles. The number of nitrogens with zero attached hydrogens (tertiary/aromatic N) is 2. The average Bonchev–Trinajstić information content (AvgIpc) is 3.44. The molecule has 35 heavy (non-hydrogen) atoms. The topological polar surface area (TPSA) is 79.2 Å². The van der Waals surface area contributed by atoms with Gasteiger partial charge in [-0.15, -0.1) is 0 Å². The Balaban J connectivity index is 1.12. The van der Waals surface area contributed by atoms with E-state index in [0.29, 0.717) is 6.42 Å². The standard InChI is InChI=1S/C27H28F2N4O2/c28-17-5-6-21(20(29)13-17)31-25(35)32-27-10-7-26(8-11-27,9-12-27)24(34)14-22-18-3-1-2-4-19(18)23-15-30-16-33(22)23/h1-6,13,15-16,22,24,34H,7-12,14H2,(H2,31,32,35). The second-order valence-corrected chi connectivity index (χ2v) is 10.4. The summed E-state index contributed by atoms with van der Waals surface area (Å²) in [5, 5.41) is 17.1. The number of hydrogen-bond donors (Lipinski definition) is 3. The molecule has 2 amide bonds. The van der Waals surface area contributed by atoms with Gasteiger partial charge in [0.05, 0.1) is 36.1 Å². The lowest BCUT2D eigenvalue weighted by Gasteiger charge is -2.55. The number of carbonyl (C=O) groups is 1. The van der Waals surface area contributed by atoms with E-state index in [-0.39, 0.29) is 22.7 Å². The third kappa shape index (κ3) is 3.71. The van der Waals surface area contributed by atoms with Crippen LogP contribution in [0.3, 0.4) is 0 Å². The quantitative estimate of drug-likeness (QED) is 0.460. The first-order chi connectivity index (χ1) is 16.9. The number of fused-ring (bicyclic) bond motifs is 6. The minimum atomic E-state index is -0.804. The van der Waals surface area contributed by atoms with E-state index in [0.717, 1.165) is 56.4 Å². The Bertz CT molecular complexity index is 1270. The van der Waals surface area contributed by atoms with Gasteiger partial charge >= 0.3 is 6.03 Å². The highest BCUT2D eigenvalue weighted by Crippen LogP contribution is 2.56. The highest BCUT2D eigenvalue weighted by molar-refractivity contribution is 5.90. The largest absolute Gasteiger partial charge is 0.392 e. The van der Waals surface area contributed by atoms with Crippen molar-refractivity contribution in [1.82, 2.24) is 14.9 Å². The van der Waals surface area contributed by atoms with E-state index in [1.54, 1.807) is 0 Å². The van der Waals surface area contributed by atoms with Gasteiger partial charge in [0.15, 0.2) is 0 Å². The van der Waals surface area contributed by atoms with Crippen LogP contribution in [0.2, 0.25) is 0 Å². The Morgan fingerprint density at radius 3 is 2.60 bits per heavy atom. The van der Waals surface area contributed by atoms with E-state index in [1.807, 2.05) is 24.7 Å². The minimum Gasteiger partial charge on any atom is -0.392 e. The molecule has 2 aromatic carbocycles. The number of hydrogen-bond acceptors (Lipinski definition) is 3. The van der Waals surface area contributed by atoms with E-state index in [9.17, 15) is 18.7 Å². The van der Waals surface area contributed by atoms with Gasteiger partial charge in [-0.3, -0.25) is 0 Å². The summed E-state index contributed by atoms with van der Waals surface area (Å²) in [4.78, 5) is 16.9. The first-order valence-corrected chi connectivity index (χ1v) is 12.2. The molecule has 4 aliphatic rings. The molecule has 1 aliphatic heterocycles. The summed E-state index contributed by atoms with van der Waals surface area (Å²) in [7, 11) is 0. The van der Waals surface area contributed by atoms with Crippen molar-refractivity contribution in [3.05, 3.63) is 72.2 Å². The summed E-state index contributed by atoms with van der Waals surface area (Å²) in [6, 6.07) is 11.0. The number of halogens is 2. The lowest BCUT2D eigenvalue weighted by atomic mass is 9.54. The molecule has 0 radical (unpaired) electrons. The van der Waals surface area contributed by atoms with E-state index in [2.05, 4.69) is 32.3 Å². The van der Waals surface area contributed by atoms with Crippen molar-refractivity contribution in [2.24, 2.45) is 5.41 Å². The Kier molecular flexibility index (Phi) is 5.18. The van der Waals surface area contributed by atoms with Crippen molar-refractivity contribution in [3.63, 3.8) is 0 Å². The molecule has 3 aromatic rings. The molecule has 6 nitrogen and oxygen atoms in total. The number of carbonyl (C=O) groups excluding carboxylic acids is 1. The number of aliphatic hydroxyl groups is 1. The third-order valence-corrected chi connectivity index (χ3v) is 8.61. The molecule has 2 unspecified atom stereocenters. The summed E-state index contributed by atoms with van der Waals surface area (Å²) < 4.78 is 29.2. The van der Waals surface area contributed by atoms with Crippen LogP contribution in [0.1, 0.15) is 56.6 Å². The normalized spacial score (nSPS) is 27.2. The van der Waals surface area contributed by atoms with E-state index in [4.69, 9.17) is 0 Å². The van der Waals surface area contributed by atoms with Crippen molar-refractivity contribution >= 4 is 11.7 Å². The van der Waals surface area contributed by atoms with Crippen LogP contribution in [0.15, 0.2) is 55.0 Å². The highest BCUT2D eigenvalue weighted by atomic mass is 19.1. The van der Waals surface area contributed by atoms with Crippen LogP contribution in [0.25, 0.3) is 11.3 Å². The fraction of sp³-hybridized carbons (Fsp3) is 0.407. The maximum atomic E-state index is 13.9. The number of aliphatic hydroxyl groups excluding tert-OH is 1. The fourth-order valence-electron chi connectivity index (χ4n) is 6.52.